The van der Waals surface area contributed by atoms with Crippen LogP contribution in [0.1, 0.15) is 11.3 Å². The van der Waals surface area contributed by atoms with E-state index in [1.807, 2.05) is 18.2 Å². The first-order valence-electron chi connectivity index (χ1n) is 6.48. The number of nitrogen functional groups attached to an aromatic ring is 1. The number of anilines is 1. The fourth-order valence-electron chi connectivity index (χ4n) is 1.78. The molecule has 22 heavy (non-hydrogen) atoms. The van der Waals surface area contributed by atoms with E-state index in [0.717, 1.165) is 4.90 Å². The van der Waals surface area contributed by atoms with Crippen molar-refractivity contribution in [2.45, 2.75) is 23.7 Å². The number of para-hydroxylation sites is 1. The molecule has 0 aliphatic rings. The number of pyridine rings is 1. The predicted molar refractivity (Wildman–Crippen MR) is 80.9 cm³/mol. The van der Waals surface area contributed by atoms with Gasteiger partial charge >= 0.3 is 6.18 Å². The standard InChI is InChI=1S/C15H15F3N2OS/c1-10-12(8-22-14-5-3-2-4-11(14)19)20-7-6-13(10)21-9-15(16,17)18/h2-7H,8-9,19H2,1H3. The molecule has 1 aromatic heterocycles. The number of alkyl halides is 3. The van der Waals surface area contributed by atoms with Crippen LogP contribution in [-0.2, 0) is 5.75 Å². The van der Waals surface area contributed by atoms with E-state index in [9.17, 15) is 13.2 Å². The monoisotopic (exact) mass is 328 g/mol. The van der Waals surface area contributed by atoms with Crippen molar-refractivity contribution in [3.63, 3.8) is 0 Å². The van der Waals surface area contributed by atoms with E-state index < -0.39 is 12.8 Å². The molecule has 3 nitrogen and oxygen atoms in total. The normalized spacial score (nSPS) is 11.5. The Balaban J connectivity index is 2.07. The number of ether oxygens (including phenoxy) is 1. The van der Waals surface area contributed by atoms with Gasteiger partial charge in [0.2, 0.25) is 0 Å². The van der Waals surface area contributed by atoms with E-state index in [-0.39, 0.29) is 5.75 Å². The van der Waals surface area contributed by atoms with Gasteiger partial charge in [-0.3, -0.25) is 4.98 Å². The Labute approximate surface area is 130 Å². The molecule has 1 aromatic carbocycles. The lowest BCUT2D eigenvalue weighted by molar-refractivity contribution is -0.153. The smallest absolute Gasteiger partial charge is 0.422 e. The molecule has 2 aromatic rings. The summed E-state index contributed by atoms with van der Waals surface area (Å²) in [6.07, 6.45) is -2.91. The molecular weight excluding hydrogens is 313 g/mol. The van der Waals surface area contributed by atoms with Crippen LogP contribution in [0.4, 0.5) is 18.9 Å². The average Bonchev–Trinajstić information content (AvgIpc) is 2.45. The first kappa shape index (κ1) is 16.5. The van der Waals surface area contributed by atoms with Gasteiger partial charge in [-0.1, -0.05) is 12.1 Å². The summed E-state index contributed by atoms with van der Waals surface area (Å²) in [4.78, 5) is 5.11. The van der Waals surface area contributed by atoms with Crippen LogP contribution in [0.3, 0.4) is 0 Å². The van der Waals surface area contributed by atoms with Crippen LogP contribution in [0.15, 0.2) is 41.4 Å². The molecule has 0 radical (unpaired) electrons. The van der Waals surface area contributed by atoms with Gasteiger partial charge in [0.05, 0.1) is 5.69 Å². The maximum Gasteiger partial charge on any atom is 0.422 e. The Bertz CT molecular complexity index is 647. The van der Waals surface area contributed by atoms with Crippen LogP contribution in [-0.4, -0.2) is 17.8 Å². The Morgan fingerprint density at radius 3 is 2.64 bits per heavy atom. The largest absolute Gasteiger partial charge is 0.484 e. The fourth-order valence-corrected chi connectivity index (χ4v) is 2.77. The second-order valence-corrected chi connectivity index (χ2v) is 5.63. The molecule has 0 aliphatic carbocycles. The van der Waals surface area contributed by atoms with Crippen LogP contribution in [0.5, 0.6) is 5.75 Å². The summed E-state index contributed by atoms with van der Waals surface area (Å²) in [5, 5.41) is 0. The molecule has 0 bridgehead atoms. The molecule has 0 amide bonds. The van der Waals surface area contributed by atoms with Crippen molar-refractivity contribution in [3.8, 4) is 5.75 Å². The number of rotatable bonds is 5. The summed E-state index contributed by atoms with van der Waals surface area (Å²) < 4.78 is 41.5. The van der Waals surface area contributed by atoms with Gasteiger partial charge in [-0.25, -0.2) is 0 Å². The summed E-state index contributed by atoms with van der Waals surface area (Å²) in [5.74, 6) is 0.701. The lowest BCUT2D eigenvalue weighted by atomic mass is 10.2. The molecule has 7 heteroatoms. The first-order chi connectivity index (χ1) is 10.4. The molecular formula is C15H15F3N2OS. The molecule has 1 heterocycles. The molecule has 0 atom stereocenters. The summed E-state index contributed by atoms with van der Waals surface area (Å²) in [5.41, 5.74) is 7.80. The van der Waals surface area contributed by atoms with Gasteiger partial charge in [0, 0.05) is 28.1 Å². The number of thioether (sulfide) groups is 1. The van der Waals surface area contributed by atoms with Crippen LogP contribution in [0, 0.1) is 6.92 Å². The van der Waals surface area contributed by atoms with E-state index in [4.69, 9.17) is 10.5 Å². The van der Waals surface area contributed by atoms with E-state index in [1.165, 1.54) is 24.0 Å². The third kappa shape index (κ3) is 4.56. The van der Waals surface area contributed by atoms with Crippen LogP contribution in [0.2, 0.25) is 0 Å². The summed E-state index contributed by atoms with van der Waals surface area (Å²) in [6.45, 7) is 0.388. The van der Waals surface area contributed by atoms with E-state index >= 15 is 0 Å². The highest BCUT2D eigenvalue weighted by atomic mass is 32.2. The Morgan fingerprint density at radius 2 is 1.95 bits per heavy atom. The van der Waals surface area contributed by atoms with E-state index in [2.05, 4.69) is 4.98 Å². The quantitative estimate of drug-likeness (QED) is 0.660. The molecule has 0 unspecified atom stereocenters. The minimum absolute atomic E-state index is 0.198. The van der Waals surface area contributed by atoms with Crippen LogP contribution in [0.25, 0.3) is 0 Å². The van der Waals surface area contributed by atoms with Crippen LogP contribution >= 0.6 is 11.8 Å². The van der Waals surface area contributed by atoms with Gasteiger partial charge in [-0.2, -0.15) is 13.2 Å². The summed E-state index contributed by atoms with van der Waals surface area (Å²) >= 11 is 1.48. The second kappa shape index (κ2) is 6.91. The molecule has 0 saturated heterocycles. The second-order valence-electron chi connectivity index (χ2n) is 4.61. The van der Waals surface area contributed by atoms with Gasteiger partial charge in [-0.15, -0.1) is 11.8 Å². The summed E-state index contributed by atoms with van der Waals surface area (Å²) in [7, 11) is 0. The summed E-state index contributed by atoms with van der Waals surface area (Å²) in [6, 6.07) is 8.84. The molecule has 2 N–H and O–H groups in total. The zero-order valence-electron chi connectivity index (χ0n) is 11.9. The Hall–Kier alpha value is -1.89. The Morgan fingerprint density at radius 1 is 1.23 bits per heavy atom. The van der Waals surface area contributed by atoms with E-state index in [0.29, 0.717) is 22.7 Å². The highest BCUT2D eigenvalue weighted by Gasteiger charge is 2.28. The first-order valence-corrected chi connectivity index (χ1v) is 7.47. The van der Waals surface area contributed by atoms with Crippen LogP contribution < -0.4 is 10.5 Å². The van der Waals surface area contributed by atoms with Crippen molar-refractivity contribution in [1.82, 2.24) is 4.98 Å². The third-order valence-corrected chi connectivity index (χ3v) is 4.03. The average molecular weight is 328 g/mol. The van der Waals surface area contributed by atoms with Crippen molar-refractivity contribution in [2.75, 3.05) is 12.3 Å². The minimum atomic E-state index is -4.36. The number of nitrogens with two attached hydrogens (primary N) is 1. The van der Waals surface area contributed by atoms with Crippen molar-refractivity contribution in [3.05, 3.63) is 47.8 Å². The zero-order valence-corrected chi connectivity index (χ0v) is 12.7. The SMILES string of the molecule is Cc1c(OCC(F)(F)F)ccnc1CSc1ccccc1N. The fraction of sp³-hybridized carbons (Fsp3) is 0.267. The molecule has 0 aliphatic heterocycles. The molecule has 0 spiro atoms. The minimum Gasteiger partial charge on any atom is -0.484 e. The topological polar surface area (TPSA) is 48.1 Å². The van der Waals surface area contributed by atoms with Crippen molar-refractivity contribution in [1.29, 1.82) is 0 Å². The molecule has 2 rings (SSSR count). The predicted octanol–water partition coefficient (Wildman–Crippen LogP) is 4.21. The van der Waals surface area contributed by atoms with Gasteiger partial charge < -0.3 is 10.5 Å². The number of benzene rings is 1. The Kier molecular flexibility index (Phi) is 5.18. The highest BCUT2D eigenvalue weighted by Crippen LogP contribution is 2.30. The van der Waals surface area contributed by atoms with Gasteiger partial charge in [0.15, 0.2) is 6.61 Å². The van der Waals surface area contributed by atoms with Crippen molar-refractivity contribution < 1.29 is 17.9 Å². The van der Waals surface area contributed by atoms with E-state index in [1.54, 1.807) is 13.0 Å². The maximum atomic E-state index is 12.2. The van der Waals surface area contributed by atoms with Gasteiger partial charge in [0.1, 0.15) is 5.75 Å². The molecule has 0 fully saturated rings. The number of halogens is 3. The lowest BCUT2D eigenvalue weighted by Gasteiger charge is -2.13. The number of hydrogen-bond acceptors (Lipinski definition) is 4. The maximum absolute atomic E-state index is 12.2. The number of nitrogens with zero attached hydrogens (tertiary/aromatic N) is 1. The van der Waals surface area contributed by atoms with Gasteiger partial charge in [-0.05, 0) is 25.1 Å². The van der Waals surface area contributed by atoms with Crippen molar-refractivity contribution >= 4 is 17.4 Å². The van der Waals surface area contributed by atoms with Gasteiger partial charge in [0.25, 0.3) is 0 Å². The van der Waals surface area contributed by atoms with Crippen molar-refractivity contribution in [2.24, 2.45) is 0 Å². The third-order valence-electron chi connectivity index (χ3n) is 2.93. The zero-order chi connectivity index (χ0) is 16.2. The lowest BCUT2D eigenvalue weighted by Crippen LogP contribution is -2.19. The molecule has 0 saturated carbocycles. The molecule has 118 valence electrons. The number of aromatic nitrogens is 1. The number of hydrogen-bond donors (Lipinski definition) is 1. The highest BCUT2D eigenvalue weighted by molar-refractivity contribution is 7.98.